The first kappa shape index (κ1) is 32.7. The van der Waals surface area contributed by atoms with Gasteiger partial charge in [-0.2, -0.15) is 26.3 Å². The van der Waals surface area contributed by atoms with Crippen molar-refractivity contribution in [1.29, 1.82) is 0 Å². The number of nitrogens with one attached hydrogen (secondary N) is 1. The molecule has 18 heteroatoms. The van der Waals surface area contributed by atoms with Crippen molar-refractivity contribution in [2.75, 3.05) is 0 Å². The van der Waals surface area contributed by atoms with Gasteiger partial charge in [-0.15, -0.1) is 0 Å². The Labute approximate surface area is 242 Å². The molecule has 0 fully saturated rings. The van der Waals surface area contributed by atoms with Crippen molar-refractivity contribution in [2.24, 2.45) is 0 Å². The summed E-state index contributed by atoms with van der Waals surface area (Å²) in [5.41, 5.74) is 2.63. The summed E-state index contributed by atoms with van der Waals surface area (Å²) < 4.78 is 67.2. The van der Waals surface area contributed by atoms with Crippen LogP contribution >= 0.6 is 0 Å². The SMILES string of the molecule is O=C(NCc1cccnc1)c1nc(-c2cn(-c3ccccn3)cn2)n2ccccc12.O=C(O)C(F)(F)F.O=C(O)C(F)(F)F. The third-order valence-electron chi connectivity index (χ3n) is 5.15. The number of aliphatic carboxylic acids is 2. The fourth-order valence-corrected chi connectivity index (χ4v) is 3.22. The number of alkyl halides is 6. The first-order valence-electron chi connectivity index (χ1n) is 11.9. The summed E-state index contributed by atoms with van der Waals surface area (Å²) in [6, 6.07) is 15.1. The zero-order valence-electron chi connectivity index (χ0n) is 21.9. The highest BCUT2D eigenvalue weighted by Crippen LogP contribution is 2.22. The lowest BCUT2D eigenvalue weighted by Crippen LogP contribution is -2.23. The second-order valence-corrected chi connectivity index (χ2v) is 8.24. The maximum absolute atomic E-state index is 12.9. The van der Waals surface area contributed by atoms with Gasteiger partial charge in [0.15, 0.2) is 11.5 Å². The Bertz CT molecular complexity index is 1700. The van der Waals surface area contributed by atoms with Crippen molar-refractivity contribution < 1.29 is 50.9 Å². The molecule has 0 bridgehead atoms. The van der Waals surface area contributed by atoms with Gasteiger partial charge in [-0.25, -0.2) is 24.5 Å². The monoisotopic (exact) mass is 623 g/mol. The van der Waals surface area contributed by atoms with Crippen molar-refractivity contribution in [3.8, 4) is 17.3 Å². The Hall–Kier alpha value is -5.81. The number of hydrogen-bond acceptors (Lipinski definition) is 7. The van der Waals surface area contributed by atoms with Gasteiger partial charge in [0.2, 0.25) is 0 Å². The number of carbonyl (C=O) groups excluding carboxylic acids is 1. The van der Waals surface area contributed by atoms with E-state index in [1.807, 2.05) is 69.9 Å². The molecule has 12 nitrogen and oxygen atoms in total. The Kier molecular flexibility index (Phi) is 10.3. The van der Waals surface area contributed by atoms with E-state index in [-0.39, 0.29) is 5.91 Å². The summed E-state index contributed by atoms with van der Waals surface area (Å²) in [4.78, 5) is 48.1. The summed E-state index contributed by atoms with van der Waals surface area (Å²) in [5, 5.41) is 17.2. The molecule has 5 rings (SSSR count). The molecule has 5 aromatic heterocycles. The Morgan fingerprint density at radius 3 is 2.07 bits per heavy atom. The Morgan fingerprint density at radius 2 is 1.50 bits per heavy atom. The fourth-order valence-electron chi connectivity index (χ4n) is 3.22. The zero-order chi connectivity index (χ0) is 32.5. The summed E-state index contributed by atoms with van der Waals surface area (Å²) in [6.07, 6.45) is 0.386. The lowest BCUT2D eigenvalue weighted by molar-refractivity contribution is -0.193. The molecular formula is C26H19F6N7O5. The number of rotatable bonds is 5. The van der Waals surface area contributed by atoms with E-state index in [1.54, 1.807) is 24.9 Å². The van der Waals surface area contributed by atoms with Crippen LogP contribution in [0.1, 0.15) is 16.1 Å². The summed E-state index contributed by atoms with van der Waals surface area (Å²) in [5.74, 6) is -4.42. The smallest absolute Gasteiger partial charge is 0.475 e. The van der Waals surface area contributed by atoms with Crippen LogP contribution in [0.3, 0.4) is 0 Å². The summed E-state index contributed by atoms with van der Waals surface area (Å²) >= 11 is 0. The number of pyridine rings is 3. The van der Waals surface area contributed by atoms with Crippen LogP contribution in [-0.4, -0.2) is 69.3 Å². The molecule has 0 saturated heterocycles. The van der Waals surface area contributed by atoms with Crippen LogP contribution < -0.4 is 5.32 Å². The number of imidazole rings is 2. The standard InChI is InChI=1S/C22H17N7O.2C2HF3O2/c30-22(25-13-16-6-5-9-23-12-16)20-18-7-2-4-11-29(18)21(27-20)17-14-28(15-26-17)19-8-1-3-10-24-19;2*3-2(4,5)1(6)7/h1-12,14-15H,13H2,(H,25,30);2*(H,6,7). The van der Waals surface area contributed by atoms with E-state index in [9.17, 15) is 31.1 Å². The van der Waals surface area contributed by atoms with Gasteiger partial charge in [-0.05, 0) is 35.9 Å². The van der Waals surface area contributed by atoms with Crippen molar-refractivity contribution in [2.45, 2.75) is 18.9 Å². The van der Waals surface area contributed by atoms with Gasteiger partial charge in [0.25, 0.3) is 5.91 Å². The molecule has 3 N–H and O–H groups in total. The normalized spacial score (nSPS) is 11.0. The topological polar surface area (TPSA) is 165 Å². The highest BCUT2D eigenvalue weighted by atomic mass is 19.4. The highest BCUT2D eigenvalue weighted by molar-refractivity contribution is 5.99. The van der Waals surface area contributed by atoms with Crippen molar-refractivity contribution >= 4 is 23.4 Å². The van der Waals surface area contributed by atoms with Gasteiger partial charge in [-0.1, -0.05) is 18.2 Å². The molecule has 1 amide bonds. The molecule has 5 heterocycles. The van der Waals surface area contributed by atoms with Gasteiger partial charge < -0.3 is 15.5 Å². The molecule has 0 aliphatic carbocycles. The van der Waals surface area contributed by atoms with E-state index >= 15 is 0 Å². The fraction of sp³-hybridized carbons (Fsp3) is 0.115. The van der Waals surface area contributed by atoms with Crippen LogP contribution in [0.15, 0.2) is 85.8 Å². The van der Waals surface area contributed by atoms with E-state index < -0.39 is 24.3 Å². The minimum Gasteiger partial charge on any atom is -0.475 e. The van der Waals surface area contributed by atoms with Crippen molar-refractivity contribution in [3.63, 3.8) is 0 Å². The second kappa shape index (κ2) is 13.9. The number of carboxylic acid groups (broad SMARTS) is 2. The van der Waals surface area contributed by atoms with Crippen LogP contribution in [0, 0.1) is 0 Å². The number of carbonyl (C=O) groups is 3. The highest BCUT2D eigenvalue weighted by Gasteiger charge is 2.38. The van der Waals surface area contributed by atoms with Crippen LogP contribution in [0.5, 0.6) is 0 Å². The number of hydrogen-bond donors (Lipinski definition) is 3. The lowest BCUT2D eigenvalue weighted by Gasteiger charge is -2.03. The van der Waals surface area contributed by atoms with E-state index in [0.29, 0.717) is 29.3 Å². The molecule has 0 atom stereocenters. The minimum atomic E-state index is -5.08. The molecule has 0 spiro atoms. The van der Waals surface area contributed by atoms with E-state index in [0.717, 1.165) is 11.4 Å². The molecule has 0 aliphatic heterocycles. The molecule has 0 unspecified atom stereocenters. The number of aromatic nitrogens is 6. The van der Waals surface area contributed by atoms with Crippen LogP contribution in [0.25, 0.3) is 22.9 Å². The van der Waals surface area contributed by atoms with Crippen LogP contribution in [0.4, 0.5) is 26.3 Å². The number of amides is 1. The zero-order valence-corrected chi connectivity index (χ0v) is 21.9. The number of fused-ring (bicyclic) bond motifs is 1. The van der Waals surface area contributed by atoms with E-state index in [2.05, 4.69) is 25.3 Å². The van der Waals surface area contributed by atoms with Gasteiger partial charge in [0.1, 0.15) is 17.8 Å². The maximum Gasteiger partial charge on any atom is 0.490 e. The summed E-state index contributed by atoms with van der Waals surface area (Å²) in [7, 11) is 0. The maximum atomic E-state index is 12.9. The third-order valence-corrected chi connectivity index (χ3v) is 5.15. The molecule has 5 aromatic rings. The number of nitrogens with zero attached hydrogens (tertiary/aromatic N) is 6. The summed E-state index contributed by atoms with van der Waals surface area (Å²) in [6.45, 7) is 0.377. The first-order valence-corrected chi connectivity index (χ1v) is 11.9. The average Bonchev–Trinajstić information content (AvgIpc) is 3.62. The third kappa shape index (κ3) is 8.84. The van der Waals surface area contributed by atoms with Gasteiger partial charge >= 0.3 is 24.3 Å². The van der Waals surface area contributed by atoms with Crippen molar-refractivity contribution in [3.05, 3.63) is 97.1 Å². The van der Waals surface area contributed by atoms with Crippen LogP contribution in [-0.2, 0) is 16.1 Å². The Balaban J connectivity index is 0.000000317. The van der Waals surface area contributed by atoms with Gasteiger partial charge in [-0.3, -0.25) is 18.7 Å². The largest absolute Gasteiger partial charge is 0.490 e. The molecule has 0 aromatic carbocycles. The number of halogens is 6. The molecular weight excluding hydrogens is 604 g/mol. The second-order valence-electron chi connectivity index (χ2n) is 8.24. The van der Waals surface area contributed by atoms with Gasteiger partial charge in [0, 0.05) is 37.5 Å². The van der Waals surface area contributed by atoms with E-state index in [1.165, 1.54) is 0 Å². The molecule has 0 radical (unpaired) electrons. The Morgan fingerprint density at radius 1 is 0.841 bits per heavy atom. The predicted molar refractivity (Wildman–Crippen MR) is 138 cm³/mol. The first-order chi connectivity index (χ1) is 20.7. The quantitative estimate of drug-likeness (QED) is 0.244. The molecule has 0 saturated carbocycles. The number of carboxylic acids is 2. The predicted octanol–water partition coefficient (Wildman–Crippen LogP) is 4.17. The average molecular weight is 623 g/mol. The van der Waals surface area contributed by atoms with Crippen LogP contribution in [0.2, 0.25) is 0 Å². The lowest BCUT2D eigenvalue weighted by atomic mass is 10.2. The molecule has 44 heavy (non-hydrogen) atoms. The van der Waals surface area contributed by atoms with E-state index in [4.69, 9.17) is 19.8 Å². The molecule has 230 valence electrons. The van der Waals surface area contributed by atoms with Gasteiger partial charge in [0.05, 0.1) is 5.52 Å². The van der Waals surface area contributed by atoms with Crippen molar-refractivity contribution in [1.82, 2.24) is 34.2 Å². The minimum absolute atomic E-state index is 0.252. The molecule has 0 aliphatic rings.